The lowest BCUT2D eigenvalue weighted by molar-refractivity contribution is 0.277. The number of hydrogen-bond acceptors (Lipinski definition) is 6. The molecule has 9 nitrogen and oxygen atoms in total. The number of fused-ring (bicyclic) bond motifs is 1. The standard InChI is InChI=1S/C27H32ClN5O4/c1-4-13-31-24-23(25(35)32(27(31)36)14-6-15-34)33(18-19-9-11-21(28)12-10-19)26(29-24)37-22-8-5-7-20(16-22)17-30(2)3/h5,7-12,16,34H,4,6,13-15,17-18H2,1-3H3. The van der Waals surface area contributed by atoms with E-state index in [1.807, 2.05) is 57.4 Å². The number of imidazole rings is 1. The zero-order chi connectivity index (χ0) is 26.5. The van der Waals surface area contributed by atoms with Gasteiger partial charge in [-0.3, -0.25) is 18.5 Å². The van der Waals surface area contributed by atoms with Gasteiger partial charge in [0.1, 0.15) is 5.75 Å². The van der Waals surface area contributed by atoms with Crippen LogP contribution in [0.25, 0.3) is 11.2 Å². The highest BCUT2D eigenvalue weighted by Gasteiger charge is 2.23. The van der Waals surface area contributed by atoms with Crippen LogP contribution in [0.3, 0.4) is 0 Å². The SMILES string of the molecule is CCCn1c(=O)n(CCCO)c(=O)c2c1nc(Oc1cccc(CN(C)C)c1)n2Cc1ccc(Cl)cc1. The number of aryl methyl sites for hydroxylation is 1. The molecule has 0 saturated heterocycles. The van der Waals surface area contributed by atoms with Crippen LogP contribution < -0.4 is 16.0 Å². The van der Waals surface area contributed by atoms with Crippen molar-refractivity contribution in [3.8, 4) is 11.8 Å². The molecule has 0 aliphatic heterocycles. The average molecular weight is 526 g/mol. The minimum Gasteiger partial charge on any atom is -0.425 e. The molecule has 37 heavy (non-hydrogen) atoms. The molecule has 0 atom stereocenters. The van der Waals surface area contributed by atoms with E-state index in [0.29, 0.717) is 36.7 Å². The second kappa shape index (κ2) is 11.8. The van der Waals surface area contributed by atoms with Gasteiger partial charge in [-0.25, -0.2) is 4.79 Å². The van der Waals surface area contributed by atoms with Gasteiger partial charge in [0, 0.05) is 31.3 Å². The molecule has 0 saturated carbocycles. The Hall–Kier alpha value is -3.40. The van der Waals surface area contributed by atoms with Crippen molar-refractivity contribution in [2.75, 3.05) is 20.7 Å². The lowest BCUT2D eigenvalue weighted by Gasteiger charge is -2.13. The zero-order valence-electron chi connectivity index (χ0n) is 21.4. The van der Waals surface area contributed by atoms with E-state index in [1.165, 1.54) is 9.13 Å². The lowest BCUT2D eigenvalue weighted by Crippen LogP contribution is -2.41. The van der Waals surface area contributed by atoms with Crippen molar-refractivity contribution in [1.29, 1.82) is 0 Å². The van der Waals surface area contributed by atoms with E-state index < -0.39 is 11.2 Å². The average Bonchev–Trinajstić information content (AvgIpc) is 3.20. The zero-order valence-corrected chi connectivity index (χ0v) is 22.1. The van der Waals surface area contributed by atoms with Gasteiger partial charge in [-0.05, 0) is 62.3 Å². The third-order valence-corrected chi connectivity index (χ3v) is 6.18. The molecule has 2 heterocycles. The quantitative estimate of drug-likeness (QED) is 0.321. The van der Waals surface area contributed by atoms with Crippen molar-refractivity contribution in [3.63, 3.8) is 0 Å². The Balaban J connectivity index is 1.92. The molecule has 0 amide bonds. The molecule has 4 rings (SSSR count). The van der Waals surface area contributed by atoms with Gasteiger partial charge in [-0.2, -0.15) is 4.98 Å². The number of halogens is 1. The molecule has 0 bridgehead atoms. The highest BCUT2D eigenvalue weighted by molar-refractivity contribution is 6.30. The Bertz CT molecular complexity index is 1490. The molecule has 0 fully saturated rings. The normalized spacial score (nSPS) is 11.5. The van der Waals surface area contributed by atoms with E-state index in [2.05, 4.69) is 9.88 Å². The van der Waals surface area contributed by atoms with E-state index in [-0.39, 0.29) is 30.3 Å². The number of nitrogens with zero attached hydrogens (tertiary/aromatic N) is 5. The maximum Gasteiger partial charge on any atom is 0.332 e. The first-order valence-corrected chi connectivity index (χ1v) is 12.7. The van der Waals surface area contributed by atoms with Crippen molar-refractivity contribution < 1.29 is 9.84 Å². The first-order valence-electron chi connectivity index (χ1n) is 12.3. The maximum absolute atomic E-state index is 13.6. The molecule has 1 N–H and O–H groups in total. The van der Waals surface area contributed by atoms with Gasteiger partial charge in [0.15, 0.2) is 11.2 Å². The number of ether oxygens (including phenoxy) is 1. The molecule has 0 spiro atoms. The predicted octanol–water partition coefficient (Wildman–Crippen LogP) is 3.71. The minimum atomic E-state index is -0.460. The van der Waals surface area contributed by atoms with Crippen molar-refractivity contribution in [2.24, 2.45) is 0 Å². The van der Waals surface area contributed by atoms with Crippen molar-refractivity contribution in [3.05, 3.63) is 85.5 Å². The van der Waals surface area contributed by atoms with Gasteiger partial charge in [0.2, 0.25) is 0 Å². The maximum atomic E-state index is 13.6. The van der Waals surface area contributed by atoms with E-state index in [1.54, 1.807) is 16.7 Å². The van der Waals surface area contributed by atoms with Crippen LogP contribution in [0.15, 0.2) is 58.1 Å². The number of benzene rings is 2. The topological polar surface area (TPSA) is 94.5 Å². The molecular weight excluding hydrogens is 494 g/mol. The van der Waals surface area contributed by atoms with Gasteiger partial charge < -0.3 is 14.7 Å². The number of hydrogen-bond donors (Lipinski definition) is 1. The second-order valence-electron chi connectivity index (χ2n) is 9.23. The Kier molecular flexibility index (Phi) is 8.48. The molecule has 0 unspecified atom stereocenters. The first kappa shape index (κ1) is 26.7. The second-order valence-corrected chi connectivity index (χ2v) is 9.67. The summed E-state index contributed by atoms with van der Waals surface area (Å²) < 4.78 is 10.7. The van der Waals surface area contributed by atoms with Crippen LogP contribution in [-0.2, 0) is 26.2 Å². The van der Waals surface area contributed by atoms with Crippen molar-refractivity contribution >= 4 is 22.8 Å². The molecule has 4 aromatic rings. The predicted molar refractivity (Wildman–Crippen MR) is 145 cm³/mol. The fourth-order valence-electron chi connectivity index (χ4n) is 4.30. The van der Waals surface area contributed by atoms with Crippen LogP contribution in [0, 0.1) is 0 Å². The summed E-state index contributed by atoms with van der Waals surface area (Å²) in [5.74, 6) is 0.581. The van der Waals surface area contributed by atoms with Crippen LogP contribution in [0.2, 0.25) is 5.02 Å². The Morgan fingerprint density at radius 2 is 1.76 bits per heavy atom. The van der Waals surface area contributed by atoms with E-state index in [4.69, 9.17) is 16.3 Å². The van der Waals surface area contributed by atoms with Gasteiger partial charge in [0.05, 0.1) is 6.54 Å². The van der Waals surface area contributed by atoms with Gasteiger partial charge in [-0.15, -0.1) is 0 Å². The van der Waals surface area contributed by atoms with E-state index in [9.17, 15) is 14.7 Å². The highest BCUT2D eigenvalue weighted by Crippen LogP contribution is 2.27. The molecule has 0 radical (unpaired) electrons. The third-order valence-electron chi connectivity index (χ3n) is 5.93. The summed E-state index contributed by atoms with van der Waals surface area (Å²) in [5.41, 5.74) is 1.62. The summed E-state index contributed by atoms with van der Waals surface area (Å²) in [6, 6.07) is 15.2. The van der Waals surface area contributed by atoms with Crippen molar-refractivity contribution in [2.45, 2.75) is 45.9 Å². The number of aromatic nitrogens is 4. The molecule has 196 valence electrons. The summed E-state index contributed by atoms with van der Waals surface area (Å²) in [4.78, 5) is 33.6. The summed E-state index contributed by atoms with van der Waals surface area (Å²) in [7, 11) is 3.99. The Labute approximate surface area is 220 Å². The van der Waals surface area contributed by atoms with Crippen LogP contribution in [0.4, 0.5) is 0 Å². The lowest BCUT2D eigenvalue weighted by atomic mass is 10.2. The molecular formula is C27H32ClN5O4. The fourth-order valence-corrected chi connectivity index (χ4v) is 4.42. The molecule has 10 heteroatoms. The van der Waals surface area contributed by atoms with Crippen molar-refractivity contribution in [1.82, 2.24) is 23.6 Å². The highest BCUT2D eigenvalue weighted by atomic mass is 35.5. The Morgan fingerprint density at radius 3 is 2.43 bits per heavy atom. The van der Waals surface area contributed by atoms with E-state index in [0.717, 1.165) is 17.7 Å². The molecule has 2 aromatic heterocycles. The Morgan fingerprint density at radius 1 is 1.00 bits per heavy atom. The van der Waals surface area contributed by atoms with Crippen LogP contribution in [-0.4, -0.2) is 49.4 Å². The minimum absolute atomic E-state index is 0.114. The molecule has 0 aliphatic rings. The largest absolute Gasteiger partial charge is 0.425 e. The summed E-state index contributed by atoms with van der Waals surface area (Å²) in [6.07, 6.45) is 0.972. The summed E-state index contributed by atoms with van der Waals surface area (Å²) in [6.45, 7) is 3.37. The smallest absolute Gasteiger partial charge is 0.332 e. The van der Waals surface area contributed by atoms with Crippen LogP contribution in [0.5, 0.6) is 11.8 Å². The summed E-state index contributed by atoms with van der Waals surface area (Å²) in [5, 5.41) is 9.94. The monoisotopic (exact) mass is 525 g/mol. The van der Waals surface area contributed by atoms with Gasteiger partial charge >= 0.3 is 11.7 Å². The van der Waals surface area contributed by atoms with Gasteiger partial charge in [0.25, 0.3) is 5.56 Å². The van der Waals surface area contributed by atoms with E-state index >= 15 is 0 Å². The summed E-state index contributed by atoms with van der Waals surface area (Å²) >= 11 is 6.09. The number of aliphatic hydroxyl groups excluding tert-OH is 1. The third kappa shape index (κ3) is 5.95. The van der Waals surface area contributed by atoms with Crippen LogP contribution in [0.1, 0.15) is 30.9 Å². The number of rotatable bonds is 11. The molecule has 0 aliphatic carbocycles. The molecule has 2 aromatic carbocycles. The van der Waals surface area contributed by atoms with Crippen LogP contribution >= 0.6 is 11.6 Å². The van der Waals surface area contributed by atoms with Gasteiger partial charge in [-0.1, -0.05) is 42.8 Å². The fraction of sp³-hybridized carbons (Fsp3) is 0.370. The number of aliphatic hydroxyl groups is 1. The first-order chi connectivity index (χ1) is 17.8.